The van der Waals surface area contributed by atoms with E-state index < -0.39 is 0 Å². The van der Waals surface area contributed by atoms with Gasteiger partial charge >= 0.3 is 0 Å². The summed E-state index contributed by atoms with van der Waals surface area (Å²) >= 11 is 0. The van der Waals surface area contributed by atoms with E-state index in [-0.39, 0.29) is 10.6 Å². The summed E-state index contributed by atoms with van der Waals surface area (Å²) < 4.78 is 0. The van der Waals surface area contributed by atoms with Crippen molar-refractivity contribution in [3.63, 3.8) is 0 Å². The second-order valence-corrected chi connectivity index (χ2v) is 5.09. The van der Waals surface area contributed by atoms with E-state index in [9.17, 15) is 10.1 Å². The number of aromatic nitrogens is 2. The van der Waals surface area contributed by atoms with Crippen molar-refractivity contribution in [2.45, 2.75) is 32.2 Å². The lowest BCUT2D eigenvalue weighted by molar-refractivity contribution is -0.385. The molecule has 0 bridgehead atoms. The van der Waals surface area contributed by atoms with Gasteiger partial charge in [-0.25, -0.2) is 9.97 Å². The van der Waals surface area contributed by atoms with E-state index in [1.165, 1.54) is 6.07 Å². The second kappa shape index (κ2) is 5.87. The first-order chi connectivity index (χ1) is 10.3. The van der Waals surface area contributed by atoms with Crippen LogP contribution in [0.15, 0.2) is 30.6 Å². The zero-order valence-corrected chi connectivity index (χ0v) is 11.6. The summed E-state index contributed by atoms with van der Waals surface area (Å²) in [5.41, 5.74) is 3.04. The summed E-state index contributed by atoms with van der Waals surface area (Å²) in [6.07, 6.45) is 5.81. The molecule has 1 N–H and O–H groups in total. The van der Waals surface area contributed by atoms with E-state index in [4.69, 9.17) is 0 Å². The van der Waals surface area contributed by atoms with Crippen LogP contribution >= 0.6 is 0 Å². The van der Waals surface area contributed by atoms with Crippen LogP contribution in [0.25, 0.3) is 0 Å². The molecule has 0 atom stereocenters. The number of nitrogens with one attached hydrogen (secondary N) is 1. The number of nitro benzene ring substituents is 1. The van der Waals surface area contributed by atoms with Crippen LogP contribution in [0.2, 0.25) is 0 Å². The predicted octanol–water partition coefficient (Wildman–Crippen LogP) is 2.88. The Morgan fingerprint density at radius 1 is 1.19 bits per heavy atom. The van der Waals surface area contributed by atoms with Gasteiger partial charge in [0.15, 0.2) is 0 Å². The quantitative estimate of drug-likeness (QED) is 0.689. The summed E-state index contributed by atoms with van der Waals surface area (Å²) in [6.45, 7) is 0.389. The Morgan fingerprint density at radius 2 is 2.00 bits per heavy atom. The number of rotatable bonds is 4. The Hall–Kier alpha value is -2.50. The van der Waals surface area contributed by atoms with Crippen molar-refractivity contribution in [2.24, 2.45) is 0 Å². The highest BCUT2D eigenvalue weighted by molar-refractivity contribution is 5.49. The number of hydrogen-bond donors (Lipinski definition) is 1. The number of aryl methyl sites for hydroxylation is 1. The molecule has 6 heteroatoms. The Bertz CT molecular complexity index is 672. The summed E-state index contributed by atoms with van der Waals surface area (Å²) in [7, 11) is 0. The number of fused-ring (bicyclic) bond motifs is 1. The minimum atomic E-state index is -0.355. The van der Waals surface area contributed by atoms with Crippen LogP contribution in [0.3, 0.4) is 0 Å². The lowest BCUT2D eigenvalue weighted by Gasteiger charge is -2.18. The molecule has 0 fully saturated rings. The van der Waals surface area contributed by atoms with Crippen LogP contribution in [-0.2, 0) is 19.4 Å². The molecule has 0 unspecified atom stereocenters. The first-order valence-corrected chi connectivity index (χ1v) is 7.04. The van der Waals surface area contributed by atoms with Gasteiger partial charge in [-0.1, -0.05) is 18.2 Å². The molecule has 0 radical (unpaired) electrons. The summed E-state index contributed by atoms with van der Waals surface area (Å²) in [6, 6.07) is 6.76. The van der Waals surface area contributed by atoms with Gasteiger partial charge in [-0.05, 0) is 25.7 Å². The molecule has 2 aromatic rings. The number of anilines is 1. The SMILES string of the molecule is O=[N+]([O-])c1ccccc1CNc1ncnc2c1CCCC2. The van der Waals surface area contributed by atoms with Crippen molar-refractivity contribution in [1.29, 1.82) is 0 Å². The zero-order valence-electron chi connectivity index (χ0n) is 11.6. The molecule has 0 saturated carbocycles. The van der Waals surface area contributed by atoms with Crippen LogP contribution in [0, 0.1) is 10.1 Å². The molecule has 21 heavy (non-hydrogen) atoms. The fraction of sp³-hybridized carbons (Fsp3) is 0.333. The van der Waals surface area contributed by atoms with E-state index in [0.29, 0.717) is 12.1 Å². The average Bonchev–Trinajstić information content (AvgIpc) is 2.53. The molecule has 108 valence electrons. The topological polar surface area (TPSA) is 81.0 Å². The van der Waals surface area contributed by atoms with Crippen molar-refractivity contribution in [1.82, 2.24) is 9.97 Å². The largest absolute Gasteiger partial charge is 0.365 e. The van der Waals surface area contributed by atoms with Gasteiger partial charge in [0.05, 0.1) is 4.92 Å². The molecule has 1 aromatic heterocycles. The Morgan fingerprint density at radius 3 is 2.86 bits per heavy atom. The molecule has 1 aliphatic carbocycles. The normalized spacial score (nSPS) is 13.5. The van der Waals surface area contributed by atoms with E-state index in [2.05, 4.69) is 15.3 Å². The third-order valence-corrected chi connectivity index (χ3v) is 3.76. The standard InChI is InChI=1S/C15H16N4O2/c20-19(21)14-8-4-1-5-11(14)9-16-15-12-6-2-3-7-13(12)17-10-18-15/h1,4-5,8,10H,2-3,6-7,9H2,(H,16,17,18). The third kappa shape index (κ3) is 2.84. The summed E-state index contributed by atoms with van der Waals surface area (Å²) in [4.78, 5) is 19.3. The Kier molecular flexibility index (Phi) is 3.77. The summed E-state index contributed by atoms with van der Waals surface area (Å²) in [5.74, 6) is 0.804. The molecular weight excluding hydrogens is 268 g/mol. The van der Waals surface area contributed by atoms with Crippen molar-refractivity contribution < 1.29 is 4.92 Å². The number of nitro groups is 1. The number of para-hydroxylation sites is 1. The van der Waals surface area contributed by atoms with E-state index in [0.717, 1.165) is 42.8 Å². The smallest absolute Gasteiger partial charge is 0.274 e. The average molecular weight is 284 g/mol. The van der Waals surface area contributed by atoms with Gasteiger partial charge in [-0.15, -0.1) is 0 Å². The molecule has 0 spiro atoms. The van der Waals surface area contributed by atoms with Crippen LogP contribution in [0.4, 0.5) is 11.5 Å². The van der Waals surface area contributed by atoms with Gasteiger partial charge in [0, 0.05) is 29.4 Å². The number of hydrogen-bond acceptors (Lipinski definition) is 5. The van der Waals surface area contributed by atoms with Gasteiger partial charge in [-0.2, -0.15) is 0 Å². The maximum absolute atomic E-state index is 11.0. The first kappa shape index (κ1) is 13.5. The van der Waals surface area contributed by atoms with Crippen LogP contribution in [-0.4, -0.2) is 14.9 Å². The van der Waals surface area contributed by atoms with Crippen molar-refractivity contribution in [2.75, 3.05) is 5.32 Å². The van der Waals surface area contributed by atoms with E-state index >= 15 is 0 Å². The molecule has 1 aliphatic rings. The maximum atomic E-state index is 11.0. The summed E-state index contributed by atoms with van der Waals surface area (Å²) in [5, 5.41) is 14.2. The molecule has 0 amide bonds. The Labute approximate surface area is 122 Å². The van der Waals surface area contributed by atoms with E-state index in [1.54, 1.807) is 24.5 Å². The highest BCUT2D eigenvalue weighted by Gasteiger charge is 2.17. The molecule has 0 saturated heterocycles. The van der Waals surface area contributed by atoms with Crippen molar-refractivity contribution in [3.05, 3.63) is 57.5 Å². The molecule has 3 rings (SSSR count). The minimum absolute atomic E-state index is 0.132. The minimum Gasteiger partial charge on any atom is -0.365 e. The first-order valence-electron chi connectivity index (χ1n) is 7.04. The fourth-order valence-electron chi connectivity index (χ4n) is 2.69. The monoisotopic (exact) mass is 284 g/mol. The Balaban J connectivity index is 1.81. The van der Waals surface area contributed by atoms with Crippen molar-refractivity contribution >= 4 is 11.5 Å². The van der Waals surface area contributed by atoms with Crippen molar-refractivity contribution in [3.8, 4) is 0 Å². The number of nitrogens with zero attached hydrogens (tertiary/aromatic N) is 3. The molecular formula is C15H16N4O2. The molecule has 0 aliphatic heterocycles. The number of benzene rings is 1. The maximum Gasteiger partial charge on any atom is 0.274 e. The molecule has 6 nitrogen and oxygen atoms in total. The highest BCUT2D eigenvalue weighted by atomic mass is 16.6. The molecule has 1 heterocycles. The van der Waals surface area contributed by atoms with Crippen LogP contribution in [0.5, 0.6) is 0 Å². The van der Waals surface area contributed by atoms with Gasteiger partial charge in [0.1, 0.15) is 12.1 Å². The second-order valence-electron chi connectivity index (χ2n) is 5.09. The van der Waals surface area contributed by atoms with Crippen LogP contribution in [0.1, 0.15) is 29.7 Å². The van der Waals surface area contributed by atoms with Gasteiger partial charge < -0.3 is 5.32 Å². The third-order valence-electron chi connectivity index (χ3n) is 3.76. The zero-order chi connectivity index (χ0) is 14.7. The fourth-order valence-corrected chi connectivity index (χ4v) is 2.69. The lowest BCUT2D eigenvalue weighted by Crippen LogP contribution is -2.12. The van der Waals surface area contributed by atoms with Gasteiger partial charge in [0.2, 0.25) is 0 Å². The highest BCUT2D eigenvalue weighted by Crippen LogP contribution is 2.25. The predicted molar refractivity (Wildman–Crippen MR) is 79.1 cm³/mol. The van der Waals surface area contributed by atoms with Gasteiger partial charge in [-0.3, -0.25) is 10.1 Å². The van der Waals surface area contributed by atoms with Crippen LogP contribution < -0.4 is 5.32 Å². The lowest BCUT2D eigenvalue weighted by atomic mass is 9.96. The van der Waals surface area contributed by atoms with E-state index in [1.807, 2.05) is 0 Å². The molecule has 1 aromatic carbocycles. The van der Waals surface area contributed by atoms with Gasteiger partial charge in [0.25, 0.3) is 5.69 Å².